The summed E-state index contributed by atoms with van der Waals surface area (Å²) in [6.07, 6.45) is 2.85. The standard InChI is InChI=1S/C12H17N3/c1-9(2)15-12-7-10(5-6-13)3-4-11(12)8-14-15/h3-4,7-9H,5-6,13H2,1-2H3. The van der Waals surface area contributed by atoms with E-state index < -0.39 is 0 Å². The second-order valence-electron chi connectivity index (χ2n) is 4.11. The van der Waals surface area contributed by atoms with Crippen molar-refractivity contribution in [1.82, 2.24) is 9.78 Å². The topological polar surface area (TPSA) is 43.8 Å². The molecule has 0 aliphatic rings. The molecule has 0 aliphatic heterocycles. The highest BCUT2D eigenvalue weighted by molar-refractivity contribution is 5.79. The lowest BCUT2D eigenvalue weighted by molar-refractivity contribution is 0.550. The van der Waals surface area contributed by atoms with Crippen LogP contribution in [0.4, 0.5) is 0 Å². The fourth-order valence-electron chi connectivity index (χ4n) is 1.82. The van der Waals surface area contributed by atoms with Crippen molar-refractivity contribution < 1.29 is 0 Å². The van der Waals surface area contributed by atoms with Crippen LogP contribution < -0.4 is 5.73 Å². The summed E-state index contributed by atoms with van der Waals surface area (Å²) in [4.78, 5) is 0. The minimum Gasteiger partial charge on any atom is -0.330 e. The summed E-state index contributed by atoms with van der Waals surface area (Å²) in [5.41, 5.74) is 8.04. The van der Waals surface area contributed by atoms with Crippen LogP contribution in [0.25, 0.3) is 10.9 Å². The molecule has 3 nitrogen and oxygen atoms in total. The number of nitrogens with two attached hydrogens (primary N) is 1. The third-order valence-electron chi connectivity index (χ3n) is 2.59. The van der Waals surface area contributed by atoms with E-state index in [-0.39, 0.29) is 0 Å². The van der Waals surface area contributed by atoms with Gasteiger partial charge in [-0.05, 0) is 38.4 Å². The van der Waals surface area contributed by atoms with Crippen LogP contribution in [0.1, 0.15) is 25.5 Å². The maximum Gasteiger partial charge on any atom is 0.0688 e. The molecule has 1 aromatic carbocycles. The molecule has 2 rings (SSSR count). The van der Waals surface area contributed by atoms with E-state index in [4.69, 9.17) is 5.73 Å². The second-order valence-corrected chi connectivity index (χ2v) is 4.11. The lowest BCUT2D eigenvalue weighted by Gasteiger charge is -2.07. The molecule has 0 bridgehead atoms. The molecule has 0 spiro atoms. The number of rotatable bonds is 3. The Morgan fingerprint density at radius 1 is 1.40 bits per heavy atom. The van der Waals surface area contributed by atoms with E-state index in [0.717, 1.165) is 6.42 Å². The molecule has 0 amide bonds. The molecule has 0 unspecified atom stereocenters. The van der Waals surface area contributed by atoms with Crippen LogP contribution in [0, 0.1) is 0 Å². The first kappa shape index (κ1) is 10.2. The first-order valence-electron chi connectivity index (χ1n) is 5.38. The van der Waals surface area contributed by atoms with Crippen LogP contribution in [0.5, 0.6) is 0 Å². The van der Waals surface area contributed by atoms with E-state index in [1.54, 1.807) is 0 Å². The minimum atomic E-state index is 0.399. The molecular formula is C12H17N3. The van der Waals surface area contributed by atoms with E-state index in [9.17, 15) is 0 Å². The zero-order chi connectivity index (χ0) is 10.8. The minimum absolute atomic E-state index is 0.399. The molecule has 3 heteroatoms. The van der Waals surface area contributed by atoms with Crippen molar-refractivity contribution in [3.63, 3.8) is 0 Å². The number of aromatic nitrogens is 2. The number of fused-ring (bicyclic) bond motifs is 1. The van der Waals surface area contributed by atoms with Crippen molar-refractivity contribution in [3.05, 3.63) is 30.0 Å². The van der Waals surface area contributed by atoms with Gasteiger partial charge in [-0.2, -0.15) is 5.10 Å². The molecular weight excluding hydrogens is 186 g/mol. The van der Waals surface area contributed by atoms with Crippen LogP contribution in [0.3, 0.4) is 0 Å². The van der Waals surface area contributed by atoms with Crippen molar-refractivity contribution >= 4 is 10.9 Å². The van der Waals surface area contributed by atoms with E-state index in [1.165, 1.54) is 16.5 Å². The monoisotopic (exact) mass is 203 g/mol. The van der Waals surface area contributed by atoms with Crippen LogP contribution in [-0.2, 0) is 6.42 Å². The Kier molecular flexibility index (Phi) is 2.73. The van der Waals surface area contributed by atoms with Gasteiger partial charge in [-0.1, -0.05) is 12.1 Å². The smallest absolute Gasteiger partial charge is 0.0688 e. The summed E-state index contributed by atoms with van der Waals surface area (Å²) >= 11 is 0. The van der Waals surface area contributed by atoms with Gasteiger partial charge >= 0.3 is 0 Å². The molecule has 15 heavy (non-hydrogen) atoms. The van der Waals surface area contributed by atoms with Crippen LogP contribution >= 0.6 is 0 Å². The Morgan fingerprint density at radius 3 is 2.87 bits per heavy atom. The highest BCUT2D eigenvalue weighted by Gasteiger charge is 2.05. The van der Waals surface area contributed by atoms with Gasteiger partial charge in [0.25, 0.3) is 0 Å². The van der Waals surface area contributed by atoms with Gasteiger partial charge in [0.15, 0.2) is 0 Å². The second kappa shape index (κ2) is 4.03. The summed E-state index contributed by atoms with van der Waals surface area (Å²) in [6, 6.07) is 6.83. The van der Waals surface area contributed by atoms with Gasteiger partial charge in [-0.15, -0.1) is 0 Å². The number of hydrogen-bond acceptors (Lipinski definition) is 2. The van der Waals surface area contributed by atoms with Crippen LogP contribution in [0.15, 0.2) is 24.4 Å². The maximum atomic E-state index is 5.56. The van der Waals surface area contributed by atoms with Gasteiger partial charge in [0.1, 0.15) is 0 Å². The summed E-state index contributed by atoms with van der Waals surface area (Å²) in [5.74, 6) is 0. The van der Waals surface area contributed by atoms with Gasteiger partial charge in [-0.3, -0.25) is 4.68 Å². The first-order valence-corrected chi connectivity index (χ1v) is 5.38. The van der Waals surface area contributed by atoms with Gasteiger partial charge in [0.05, 0.1) is 11.7 Å². The average Bonchev–Trinajstić information content (AvgIpc) is 2.61. The Balaban J connectivity index is 2.51. The molecule has 80 valence electrons. The van der Waals surface area contributed by atoms with E-state index in [0.29, 0.717) is 12.6 Å². The molecule has 1 heterocycles. The molecule has 0 fully saturated rings. The van der Waals surface area contributed by atoms with Crippen LogP contribution in [0.2, 0.25) is 0 Å². The Hall–Kier alpha value is -1.35. The van der Waals surface area contributed by atoms with Crippen molar-refractivity contribution in [2.24, 2.45) is 5.73 Å². The number of hydrogen-bond donors (Lipinski definition) is 1. The zero-order valence-corrected chi connectivity index (χ0v) is 9.27. The zero-order valence-electron chi connectivity index (χ0n) is 9.27. The van der Waals surface area contributed by atoms with Crippen LogP contribution in [-0.4, -0.2) is 16.3 Å². The Bertz CT molecular complexity index is 457. The maximum absolute atomic E-state index is 5.56. The van der Waals surface area contributed by atoms with Gasteiger partial charge in [-0.25, -0.2) is 0 Å². The van der Waals surface area contributed by atoms with E-state index in [1.807, 2.05) is 6.20 Å². The van der Waals surface area contributed by atoms with Gasteiger partial charge < -0.3 is 5.73 Å². The van der Waals surface area contributed by atoms with Gasteiger partial charge in [0.2, 0.25) is 0 Å². The Morgan fingerprint density at radius 2 is 2.20 bits per heavy atom. The quantitative estimate of drug-likeness (QED) is 0.830. The first-order chi connectivity index (χ1) is 7.22. The van der Waals surface area contributed by atoms with Crippen molar-refractivity contribution in [3.8, 4) is 0 Å². The molecule has 0 radical (unpaired) electrons. The van der Waals surface area contributed by atoms with Crippen molar-refractivity contribution in [2.45, 2.75) is 26.3 Å². The van der Waals surface area contributed by atoms with Crippen molar-refractivity contribution in [1.29, 1.82) is 0 Å². The van der Waals surface area contributed by atoms with Crippen molar-refractivity contribution in [2.75, 3.05) is 6.54 Å². The van der Waals surface area contributed by atoms with Gasteiger partial charge in [0, 0.05) is 11.4 Å². The molecule has 0 aliphatic carbocycles. The highest BCUT2D eigenvalue weighted by atomic mass is 15.3. The fourth-order valence-corrected chi connectivity index (χ4v) is 1.82. The number of nitrogens with zero attached hydrogens (tertiary/aromatic N) is 2. The largest absolute Gasteiger partial charge is 0.330 e. The lowest BCUT2D eigenvalue weighted by Crippen LogP contribution is -2.04. The molecule has 2 aromatic rings. The third kappa shape index (κ3) is 1.88. The molecule has 1 aromatic heterocycles. The third-order valence-corrected chi connectivity index (χ3v) is 2.59. The Labute approximate surface area is 89.9 Å². The lowest BCUT2D eigenvalue weighted by atomic mass is 10.1. The normalized spacial score (nSPS) is 11.5. The summed E-state index contributed by atoms with van der Waals surface area (Å²) in [6.45, 7) is 4.98. The predicted octanol–water partition coefficient (Wildman–Crippen LogP) is 2.12. The SMILES string of the molecule is CC(C)n1ncc2ccc(CCN)cc21. The fraction of sp³-hybridized carbons (Fsp3) is 0.417. The number of benzene rings is 1. The summed E-state index contributed by atoms with van der Waals surface area (Å²) in [7, 11) is 0. The summed E-state index contributed by atoms with van der Waals surface area (Å²) < 4.78 is 2.05. The molecule has 0 saturated carbocycles. The molecule has 2 N–H and O–H groups in total. The van der Waals surface area contributed by atoms with E-state index >= 15 is 0 Å². The van der Waals surface area contributed by atoms with E-state index in [2.05, 4.69) is 41.8 Å². The summed E-state index contributed by atoms with van der Waals surface area (Å²) in [5, 5.41) is 5.58. The molecule has 0 atom stereocenters. The average molecular weight is 203 g/mol. The highest BCUT2D eigenvalue weighted by Crippen LogP contribution is 2.19. The predicted molar refractivity (Wildman–Crippen MR) is 62.9 cm³/mol. The molecule has 0 saturated heterocycles.